The summed E-state index contributed by atoms with van der Waals surface area (Å²) >= 11 is 0. The second-order valence-electron chi connectivity index (χ2n) is 23.2. The Morgan fingerprint density at radius 3 is 1.09 bits per heavy atom. The van der Waals surface area contributed by atoms with E-state index < -0.39 is 47.1 Å². The van der Waals surface area contributed by atoms with Gasteiger partial charge in [-0.05, 0) is 196 Å². The van der Waals surface area contributed by atoms with Crippen LogP contribution in [0.25, 0.3) is 0 Å². The summed E-state index contributed by atoms with van der Waals surface area (Å²) < 4.78 is 61.3. The predicted molar refractivity (Wildman–Crippen MR) is 357 cm³/mol. The lowest BCUT2D eigenvalue weighted by Crippen LogP contribution is -2.35. The fourth-order valence-corrected chi connectivity index (χ4v) is 9.87. The van der Waals surface area contributed by atoms with Crippen molar-refractivity contribution in [1.29, 1.82) is 21.0 Å². The summed E-state index contributed by atoms with van der Waals surface area (Å²) in [5.74, 6) is -2.95. The number of hydroxylamine groups is 3. The van der Waals surface area contributed by atoms with E-state index in [-0.39, 0.29) is 63.5 Å². The Balaban J connectivity index is 0.000000167. The van der Waals surface area contributed by atoms with Gasteiger partial charge in [0.05, 0.1) is 147 Å². The summed E-state index contributed by atoms with van der Waals surface area (Å²) in [5, 5.41) is 66.1. The molecule has 2 heterocycles. The number of aryl methyl sites for hydroxylation is 4. The summed E-state index contributed by atoms with van der Waals surface area (Å²) in [6.07, 6.45) is 3.46. The van der Waals surface area contributed by atoms with Gasteiger partial charge in [-0.25, -0.2) is 34.0 Å². The van der Waals surface area contributed by atoms with Gasteiger partial charge in [0.2, 0.25) is 0 Å². The van der Waals surface area contributed by atoms with Gasteiger partial charge in [0.15, 0.2) is 0 Å². The van der Waals surface area contributed by atoms with Crippen molar-refractivity contribution in [3.8, 4) is 24.3 Å². The summed E-state index contributed by atoms with van der Waals surface area (Å²) in [7, 11) is 0. The number of benzene rings is 8. The molecule has 11 rings (SSSR count). The molecule has 0 aromatic heterocycles. The van der Waals surface area contributed by atoms with Crippen molar-refractivity contribution in [3.63, 3.8) is 0 Å². The number of aliphatic hydroxyl groups is 1. The van der Waals surface area contributed by atoms with Crippen LogP contribution in [0.2, 0.25) is 0 Å². The first-order valence-electron chi connectivity index (χ1n) is 30.8. The smallest absolute Gasteiger partial charge is 0.276 e. The number of carbonyl (C=O) groups excluding carboxylic acids is 4. The van der Waals surface area contributed by atoms with Gasteiger partial charge >= 0.3 is 0 Å². The van der Waals surface area contributed by atoms with Crippen LogP contribution in [0.15, 0.2) is 146 Å². The van der Waals surface area contributed by atoms with Gasteiger partial charge in [0.1, 0.15) is 23.3 Å². The van der Waals surface area contributed by atoms with Gasteiger partial charge in [-0.3, -0.25) is 34.1 Å². The van der Waals surface area contributed by atoms with Crippen LogP contribution >= 0.6 is 0 Å². The number of amides is 4. The fraction of sp³-hybridized carbons (Fsp3) is 0.233. The summed E-state index contributed by atoms with van der Waals surface area (Å²) in [6.45, 7) is 9.95. The third kappa shape index (κ3) is 19.9. The Morgan fingerprint density at radius 1 is 0.469 bits per heavy atom. The highest BCUT2D eigenvalue weighted by molar-refractivity contribution is 6.02. The zero-order chi connectivity index (χ0) is 70.4. The van der Waals surface area contributed by atoms with Crippen LogP contribution in [-0.4, -0.2) is 84.5 Å². The van der Waals surface area contributed by atoms with Gasteiger partial charge in [0.25, 0.3) is 23.6 Å². The zero-order valence-corrected chi connectivity index (χ0v) is 53.7. The lowest BCUT2D eigenvalue weighted by atomic mass is 9.86. The standard InChI is InChI=1S/C20H20FN3O2.C19H18FN3O3.C19H18FN3O2.C15H12FN3O2/c1-13-5-8-18(17(21)9-13)23-19-10-15(11-22)6-7-16(19)20(25)24-26-12-14-3-2-4-14;1-12-2-5-17(16(20)6-12)22-18-7-13(8-21)3-4-15(18)19(24)23-26-11-14-9-25-10-14;1-12-2-5-17(16(20)8-12)22-18-9-13(10-21)3-4-15(18)19(25)23-7-6-14(24)11-23;1-9-2-5-13(12(16)6-9)18-14-7-10(8-17)3-4-11(14)15(20)19-21/h5-10,14,23H,2-4,12H2,1H3,(H,24,25);2-7,14,22H,9-11H2,1H3,(H,23,24);2-5,8-9,14,22,24H,6-7,11H2,1H3;2-7,18,21H,1H3,(H,19,20)/t;;14-;/m..0./s1. The predicted octanol–water partition coefficient (Wildman–Crippen LogP) is 13.1. The fourth-order valence-electron chi connectivity index (χ4n) is 9.87. The Labute approximate surface area is 562 Å². The molecule has 1 aliphatic carbocycles. The maximum Gasteiger partial charge on any atom is 0.276 e. The Morgan fingerprint density at radius 2 is 0.806 bits per heavy atom. The number of rotatable bonds is 18. The van der Waals surface area contributed by atoms with E-state index in [0.29, 0.717) is 90.2 Å². The van der Waals surface area contributed by atoms with Crippen molar-refractivity contribution in [2.24, 2.45) is 11.8 Å². The number of nitrogens with one attached hydrogen (secondary N) is 7. The molecule has 0 unspecified atom stereocenters. The molecular weight excluding hydrogens is 1260 g/mol. The molecule has 0 radical (unpaired) electrons. The number of hydrogen-bond donors (Lipinski definition) is 9. The van der Waals surface area contributed by atoms with E-state index in [1.807, 2.05) is 24.3 Å². The minimum Gasteiger partial charge on any atom is -0.391 e. The Bertz CT molecular complexity index is 4280. The average molecular weight is 1330 g/mol. The number of β-amino-alcohol motifs (C(OH)–C–C–N with tert-alkyl or cyclic N) is 1. The van der Waals surface area contributed by atoms with Crippen LogP contribution in [0, 0.1) is 108 Å². The van der Waals surface area contributed by atoms with E-state index in [4.69, 9.17) is 40.7 Å². The largest absolute Gasteiger partial charge is 0.391 e. The number of hydrogen-bond acceptors (Lipinski definition) is 17. The maximum absolute atomic E-state index is 14.1. The normalized spacial score (nSPS) is 13.5. The second-order valence-corrected chi connectivity index (χ2v) is 23.2. The second kappa shape index (κ2) is 34.6. The monoisotopic (exact) mass is 1330 g/mol. The summed E-state index contributed by atoms with van der Waals surface area (Å²) in [5.41, 5.74) is 13.9. The molecule has 0 spiro atoms. The molecule has 1 saturated carbocycles. The first kappa shape index (κ1) is 72.2. The number of halogens is 4. The van der Waals surface area contributed by atoms with Crippen molar-refractivity contribution in [3.05, 3.63) is 236 Å². The average Bonchev–Trinajstić information content (AvgIpc) is 1.16. The van der Waals surface area contributed by atoms with Crippen LogP contribution in [0.1, 0.15) is 112 Å². The van der Waals surface area contributed by atoms with E-state index in [0.717, 1.165) is 35.1 Å². The Kier molecular flexibility index (Phi) is 25.5. The van der Waals surface area contributed by atoms with E-state index in [1.54, 1.807) is 87.2 Å². The molecule has 25 heteroatoms. The number of ether oxygens (including phenoxy) is 1. The van der Waals surface area contributed by atoms with Gasteiger partial charge < -0.3 is 36.0 Å². The molecule has 8 aromatic carbocycles. The highest BCUT2D eigenvalue weighted by Crippen LogP contribution is 2.32. The first-order chi connectivity index (χ1) is 47.1. The van der Waals surface area contributed by atoms with E-state index >= 15 is 0 Å². The lowest BCUT2D eigenvalue weighted by molar-refractivity contribution is -0.0864. The maximum atomic E-state index is 14.1. The molecule has 2 saturated heterocycles. The van der Waals surface area contributed by atoms with Crippen molar-refractivity contribution in [1.82, 2.24) is 21.3 Å². The van der Waals surface area contributed by atoms with Crippen LogP contribution in [-0.2, 0) is 14.4 Å². The van der Waals surface area contributed by atoms with Gasteiger partial charge in [-0.2, -0.15) is 21.0 Å². The molecule has 1 atom stereocenters. The molecule has 2 aliphatic heterocycles. The summed E-state index contributed by atoms with van der Waals surface area (Å²) in [4.78, 5) is 61.2. The van der Waals surface area contributed by atoms with Crippen molar-refractivity contribution < 1.29 is 61.5 Å². The minimum absolute atomic E-state index is 0.0940. The minimum atomic E-state index is -0.755. The number of carbonyl (C=O) groups is 4. The Hall–Kier alpha value is -11.7. The van der Waals surface area contributed by atoms with Crippen LogP contribution in [0.4, 0.5) is 63.1 Å². The lowest BCUT2D eigenvalue weighted by Gasteiger charge is -2.25. The number of nitriles is 4. The van der Waals surface area contributed by atoms with Crippen LogP contribution in [0.5, 0.6) is 0 Å². The molecular formula is C73H68F4N12O9. The SMILES string of the molecule is Cc1ccc(Nc2cc(C#N)ccc2C(=O)N2CC[C@H](O)C2)c(F)c1.Cc1ccc(Nc2cc(C#N)ccc2C(=O)NO)c(F)c1.Cc1ccc(Nc2cc(C#N)ccc2C(=O)NOCC2CCC2)c(F)c1.Cc1ccc(Nc2cc(C#N)ccc2C(=O)NOCC2COC2)c(F)c1. The topological polar surface area (TPSA) is 319 Å². The summed E-state index contributed by atoms with van der Waals surface area (Å²) in [6, 6.07) is 44.7. The highest BCUT2D eigenvalue weighted by atomic mass is 19.1. The van der Waals surface area contributed by atoms with Gasteiger partial charge in [-0.15, -0.1) is 0 Å². The number of anilines is 8. The highest BCUT2D eigenvalue weighted by Gasteiger charge is 2.28. The quantitative estimate of drug-likeness (QED) is 0.0219. The first-order valence-corrected chi connectivity index (χ1v) is 30.8. The number of nitrogens with zero attached hydrogens (tertiary/aromatic N) is 5. The number of likely N-dealkylation sites (tertiary alicyclic amines) is 1. The van der Waals surface area contributed by atoms with E-state index in [2.05, 4.69) is 32.2 Å². The van der Waals surface area contributed by atoms with Gasteiger partial charge in [-0.1, -0.05) is 30.7 Å². The van der Waals surface area contributed by atoms with E-state index in [9.17, 15) is 41.8 Å². The van der Waals surface area contributed by atoms with Crippen molar-refractivity contribution in [2.45, 2.75) is 59.5 Å². The molecule has 3 fully saturated rings. The molecule has 4 amide bonds. The van der Waals surface area contributed by atoms with Crippen molar-refractivity contribution in [2.75, 3.05) is 60.8 Å². The molecule has 8 aromatic rings. The van der Waals surface area contributed by atoms with Crippen LogP contribution in [0.3, 0.4) is 0 Å². The molecule has 3 aliphatic rings. The third-order valence-electron chi connectivity index (χ3n) is 15.6. The van der Waals surface area contributed by atoms with Crippen LogP contribution < -0.4 is 37.7 Å². The molecule has 98 heavy (non-hydrogen) atoms. The molecule has 21 nitrogen and oxygen atoms in total. The molecule has 0 bridgehead atoms. The third-order valence-corrected chi connectivity index (χ3v) is 15.6. The van der Waals surface area contributed by atoms with Gasteiger partial charge in [0, 0.05) is 19.0 Å². The molecule has 9 N–H and O–H groups in total. The molecule has 502 valence electrons. The number of aliphatic hydroxyl groups excluding tert-OH is 1. The zero-order valence-electron chi connectivity index (χ0n) is 53.7. The van der Waals surface area contributed by atoms with Crippen molar-refractivity contribution >= 4 is 69.1 Å². The van der Waals surface area contributed by atoms with E-state index in [1.165, 1.54) is 103 Å².